The molecule has 2 atom stereocenters. The predicted molar refractivity (Wildman–Crippen MR) is 82.2 cm³/mol. The smallest absolute Gasteiger partial charge is 0.213 e. The van der Waals surface area contributed by atoms with Gasteiger partial charge in [-0.05, 0) is 31.1 Å². The first-order valence-corrected chi connectivity index (χ1v) is 9.53. The average Bonchev–Trinajstić information content (AvgIpc) is 2.36. The third kappa shape index (κ3) is 5.31. The minimum absolute atomic E-state index is 0.141. The number of nitrogens with zero attached hydrogens (tertiary/aromatic N) is 1. The highest BCUT2D eigenvalue weighted by molar-refractivity contribution is 7.89. The molecule has 2 fully saturated rings. The fraction of sp³-hybridized carbons (Fsp3) is 1.00. The molecule has 2 N–H and O–H groups in total. The summed E-state index contributed by atoms with van der Waals surface area (Å²) in [5.74, 6) is 1.48. The van der Waals surface area contributed by atoms with Crippen molar-refractivity contribution in [1.29, 1.82) is 0 Å². The Morgan fingerprint density at radius 1 is 1.10 bits per heavy atom. The molecule has 0 radical (unpaired) electrons. The van der Waals surface area contributed by atoms with Crippen molar-refractivity contribution >= 4 is 10.0 Å². The summed E-state index contributed by atoms with van der Waals surface area (Å²) in [6.07, 6.45) is 3.19. The van der Waals surface area contributed by atoms with E-state index in [9.17, 15) is 8.42 Å². The van der Waals surface area contributed by atoms with Crippen molar-refractivity contribution in [2.24, 2.45) is 11.8 Å². The fourth-order valence-corrected chi connectivity index (χ4v) is 4.86. The third-order valence-corrected chi connectivity index (χ3v) is 5.82. The van der Waals surface area contributed by atoms with Gasteiger partial charge in [0.25, 0.3) is 0 Å². The quantitative estimate of drug-likeness (QED) is 0.782. The molecule has 5 nitrogen and oxygen atoms in total. The van der Waals surface area contributed by atoms with Gasteiger partial charge >= 0.3 is 0 Å². The lowest BCUT2D eigenvalue weighted by atomic mass is 9.81. The molecule has 0 amide bonds. The SMILES string of the molecule is CC1CC(C)CC(NS(=O)(=O)CCN2CCNCC2)C1. The maximum absolute atomic E-state index is 12.2. The zero-order valence-corrected chi connectivity index (χ0v) is 13.6. The van der Waals surface area contributed by atoms with E-state index >= 15 is 0 Å². The molecule has 0 aromatic carbocycles. The monoisotopic (exact) mass is 303 g/mol. The molecule has 0 spiro atoms. The van der Waals surface area contributed by atoms with Gasteiger partial charge < -0.3 is 5.32 Å². The molecule has 2 rings (SSSR count). The average molecular weight is 303 g/mol. The first-order valence-electron chi connectivity index (χ1n) is 7.87. The van der Waals surface area contributed by atoms with Crippen LogP contribution in [0.15, 0.2) is 0 Å². The van der Waals surface area contributed by atoms with E-state index in [0.717, 1.165) is 39.0 Å². The summed E-state index contributed by atoms with van der Waals surface area (Å²) in [6.45, 7) is 8.92. The lowest BCUT2D eigenvalue weighted by molar-refractivity contribution is 0.250. The Morgan fingerprint density at radius 3 is 2.30 bits per heavy atom. The van der Waals surface area contributed by atoms with Gasteiger partial charge in [-0.3, -0.25) is 4.90 Å². The number of hydrogen-bond donors (Lipinski definition) is 2. The normalized spacial score (nSPS) is 33.2. The van der Waals surface area contributed by atoms with Crippen molar-refractivity contribution in [1.82, 2.24) is 14.9 Å². The second-order valence-corrected chi connectivity index (χ2v) is 8.52. The van der Waals surface area contributed by atoms with E-state index in [1.54, 1.807) is 0 Å². The van der Waals surface area contributed by atoms with Crippen molar-refractivity contribution < 1.29 is 8.42 Å². The topological polar surface area (TPSA) is 61.4 Å². The molecule has 1 saturated heterocycles. The molecule has 6 heteroatoms. The van der Waals surface area contributed by atoms with Gasteiger partial charge in [0, 0.05) is 38.8 Å². The summed E-state index contributed by atoms with van der Waals surface area (Å²) in [5.41, 5.74) is 0. The molecular weight excluding hydrogens is 274 g/mol. The maximum atomic E-state index is 12.2. The highest BCUT2D eigenvalue weighted by Gasteiger charge is 2.27. The summed E-state index contributed by atoms with van der Waals surface area (Å²) in [5, 5.41) is 3.28. The summed E-state index contributed by atoms with van der Waals surface area (Å²) < 4.78 is 27.3. The molecule has 1 aliphatic carbocycles. The van der Waals surface area contributed by atoms with Crippen LogP contribution in [0.3, 0.4) is 0 Å². The van der Waals surface area contributed by atoms with Crippen LogP contribution in [0.2, 0.25) is 0 Å². The molecule has 0 bridgehead atoms. The van der Waals surface area contributed by atoms with Crippen LogP contribution in [0, 0.1) is 11.8 Å². The van der Waals surface area contributed by atoms with Crippen LogP contribution in [-0.2, 0) is 10.0 Å². The van der Waals surface area contributed by atoms with Crippen molar-refractivity contribution in [3.8, 4) is 0 Å². The van der Waals surface area contributed by atoms with Gasteiger partial charge in [0.05, 0.1) is 5.75 Å². The first kappa shape index (κ1) is 16.2. The summed E-state index contributed by atoms with van der Waals surface area (Å²) in [6, 6.07) is 0.141. The zero-order chi connectivity index (χ0) is 14.6. The largest absolute Gasteiger partial charge is 0.314 e. The molecule has 1 heterocycles. The Balaban J connectivity index is 1.77. The van der Waals surface area contributed by atoms with Crippen molar-refractivity contribution in [3.05, 3.63) is 0 Å². The van der Waals surface area contributed by atoms with Gasteiger partial charge in [-0.15, -0.1) is 0 Å². The van der Waals surface area contributed by atoms with E-state index in [-0.39, 0.29) is 11.8 Å². The molecule has 20 heavy (non-hydrogen) atoms. The van der Waals surface area contributed by atoms with Crippen LogP contribution in [-0.4, -0.2) is 57.8 Å². The number of rotatable bonds is 5. The maximum Gasteiger partial charge on any atom is 0.213 e. The minimum Gasteiger partial charge on any atom is -0.314 e. The standard InChI is InChI=1S/C14H29N3O2S/c1-12-9-13(2)11-14(10-12)16-20(18,19)8-7-17-5-3-15-4-6-17/h12-16H,3-11H2,1-2H3. The molecule has 118 valence electrons. The van der Waals surface area contributed by atoms with Crippen LogP contribution >= 0.6 is 0 Å². The molecule has 1 saturated carbocycles. The van der Waals surface area contributed by atoms with E-state index in [1.807, 2.05) is 0 Å². The van der Waals surface area contributed by atoms with Crippen LogP contribution in [0.5, 0.6) is 0 Å². The lowest BCUT2D eigenvalue weighted by Gasteiger charge is -2.32. The molecule has 1 aliphatic heterocycles. The van der Waals surface area contributed by atoms with Crippen molar-refractivity contribution in [3.63, 3.8) is 0 Å². The van der Waals surface area contributed by atoms with E-state index in [2.05, 4.69) is 28.8 Å². The summed E-state index contributed by atoms with van der Waals surface area (Å²) in [7, 11) is -3.14. The first-order chi connectivity index (χ1) is 9.44. The van der Waals surface area contributed by atoms with E-state index in [0.29, 0.717) is 18.4 Å². The molecule has 2 aliphatic rings. The van der Waals surface area contributed by atoms with Gasteiger partial charge in [-0.1, -0.05) is 13.8 Å². The Hall–Kier alpha value is -0.170. The van der Waals surface area contributed by atoms with Crippen molar-refractivity contribution in [2.45, 2.75) is 39.2 Å². The van der Waals surface area contributed by atoms with Gasteiger partial charge in [0.15, 0.2) is 0 Å². The van der Waals surface area contributed by atoms with Crippen LogP contribution < -0.4 is 10.0 Å². The number of piperazine rings is 1. The molecule has 0 aromatic rings. The molecule has 2 unspecified atom stereocenters. The zero-order valence-electron chi connectivity index (χ0n) is 12.8. The molecular formula is C14H29N3O2S. The Kier molecular flexibility index (Phi) is 5.84. The Labute approximate surface area is 123 Å². The van der Waals surface area contributed by atoms with Crippen LogP contribution in [0.1, 0.15) is 33.1 Å². The number of nitrogens with one attached hydrogen (secondary N) is 2. The van der Waals surface area contributed by atoms with Gasteiger partial charge in [-0.25, -0.2) is 13.1 Å². The summed E-state index contributed by atoms with van der Waals surface area (Å²) in [4.78, 5) is 2.22. The second kappa shape index (κ2) is 7.20. The molecule has 0 aromatic heterocycles. The van der Waals surface area contributed by atoms with Crippen molar-refractivity contribution in [2.75, 3.05) is 38.5 Å². The number of hydrogen-bond acceptors (Lipinski definition) is 4. The Morgan fingerprint density at radius 2 is 1.70 bits per heavy atom. The van der Waals surface area contributed by atoms with Gasteiger partial charge in [-0.2, -0.15) is 0 Å². The highest BCUT2D eigenvalue weighted by atomic mass is 32.2. The summed E-state index contributed by atoms with van der Waals surface area (Å²) >= 11 is 0. The van der Waals surface area contributed by atoms with Crippen LogP contribution in [0.25, 0.3) is 0 Å². The van der Waals surface area contributed by atoms with Crippen LogP contribution in [0.4, 0.5) is 0 Å². The second-order valence-electron chi connectivity index (χ2n) is 6.64. The number of sulfonamides is 1. The van der Waals surface area contributed by atoms with Gasteiger partial charge in [0.2, 0.25) is 10.0 Å². The Bertz CT molecular complexity index is 383. The predicted octanol–water partition coefficient (Wildman–Crippen LogP) is 0.636. The van der Waals surface area contributed by atoms with E-state index in [1.165, 1.54) is 6.42 Å². The van der Waals surface area contributed by atoms with E-state index in [4.69, 9.17) is 0 Å². The lowest BCUT2D eigenvalue weighted by Crippen LogP contribution is -2.47. The van der Waals surface area contributed by atoms with E-state index < -0.39 is 10.0 Å². The van der Waals surface area contributed by atoms with Gasteiger partial charge in [0.1, 0.15) is 0 Å². The minimum atomic E-state index is -3.14. The fourth-order valence-electron chi connectivity index (χ4n) is 3.54. The highest BCUT2D eigenvalue weighted by Crippen LogP contribution is 2.28. The third-order valence-electron chi connectivity index (χ3n) is 4.41.